The van der Waals surface area contributed by atoms with Gasteiger partial charge >= 0.3 is 5.97 Å². The Morgan fingerprint density at radius 1 is 1.25 bits per heavy atom. The summed E-state index contributed by atoms with van der Waals surface area (Å²) < 4.78 is 0. The van der Waals surface area contributed by atoms with Crippen LogP contribution in [0.2, 0.25) is 5.02 Å². The van der Waals surface area contributed by atoms with E-state index in [0.717, 1.165) is 13.1 Å². The summed E-state index contributed by atoms with van der Waals surface area (Å²) in [5.41, 5.74) is 6.80. The second-order valence-corrected chi connectivity index (χ2v) is 6.30. The van der Waals surface area contributed by atoms with Gasteiger partial charge in [-0.25, -0.2) is 4.79 Å². The molecule has 1 aromatic rings. The number of rotatable bonds is 6. The molecule has 112 valence electrons. The Kier molecular flexibility index (Phi) is 5.69. The molecule has 0 atom stereocenters. The fraction of sp³-hybridized carbons (Fsp3) is 0.533. The predicted octanol–water partition coefficient (Wildman–Crippen LogP) is 3.74. The van der Waals surface area contributed by atoms with Crippen molar-refractivity contribution < 1.29 is 9.90 Å². The fourth-order valence-corrected chi connectivity index (χ4v) is 2.59. The normalized spacial score (nSPS) is 11.2. The lowest BCUT2D eigenvalue weighted by molar-refractivity contribution is 0.0697. The first-order chi connectivity index (χ1) is 9.22. The van der Waals surface area contributed by atoms with Crippen LogP contribution >= 0.6 is 11.6 Å². The van der Waals surface area contributed by atoms with Crippen LogP contribution in [0, 0.1) is 11.8 Å². The van der Waals surface area contributed by atoms with Crippen LogP contribution in [0.15, 0.2) is 12.1 Å². The standard InChI is InChI=1S/C15H23ClN2O2/c1-9(2)7-18(8-10(3)4)14-12(15(19)20)5-11(17)6-13(14)16/h5-6,9-10H,7-8,17H2,1-4H3,(H,19,20). The van der Waals surface area contributed by atoms with E-state index in [1.54, 1.807) is 6.07 Å². The first-order valence-electron chi connectivity index (χ1n) is 6.79. The average molecular weight is 299 g/mol. The van der Waals surface area contributed by atoms with E-state index in [9.17, 15) is 9.90 Å². The van der Waals surface area contributed by atoms with Gasteiger partial charge in [0, 0.05) is 18.8 Å². The van der Waals surface area contributed by atoms with Gasteiger partial charge in [-0.05, 0) is 24.0 Å². The average Bonchev–Trinajstić information content (AvgIpc) is 2.25. The summed E-state index contributed by atoms with van der Waals surface area (Å²) >= 11 is 6.26. The van der Waals surface area contributed by atoms with E-state index < -0.39 is 5.97 Å². The van der Waals surface area contributed by atoms with E-state index in [1.807, 2.05) is 4.90 Å². The minimum atomic E-state index is -1.01. The summed E-state index contributed by atoms with van der Waals surface area (Å²) in [5, 5.41) is 9.78. The van der Waals surface area contributed by atoms with Crippen LogP contribution in [-0.2, 0) is 0 Å². The molecule has 0 aliphatic rings. The van der Waals surface area contributed by atoms with Gasteiger partial charge in [0.05, 0.1) is 16.3 Å². The van der Waals surface area contributed by atoms with E-state index in [4.69, 9.17) is 17.3 Å². The Morgan fingerprint density at radius 3 is 2.15 bits per heavy atom. The summed E-state index contributed by atoms with van der Waals surface area (Å²) in [6.07, 6.45) is 0. The maximum Gasteiger partial charge on any atom is 0.337 e. The Morgan fingerprint density at radius 2 is 1.75 bits per heavy atom. The largest absolute Gasteiger partial charge is 0.478 e. The van der Waals surface area contributed by atoms with Crippen LogP contribution in [-0.4, -0.2) is 24.2 Å². The highest BCUT2D eigenvalue weighted by Gasteiger charge is 2.21. The molecule has 0 fully saturated rings. The molecule has 0 aliphatic carbocycles. The molecule has 0 saturated heterocycles. The first-order valence-corrected chi connectivity index (χ1v) is 7.17. The predicted molar refractivity (Wildman–Crippen MR) is 84.7 cm³/mol. The number of hydrogen-bond acceptors (Lipinski definition) is 3. The third-order valence-corrected chi connectivity index (χ3v) is 3.09. The first kappa shape index (κ1) is 16.6. The number of aromatic carboxylic acids is 1. The number of carbonyl (C=O) groups is 1. The highest BCUT2D eigenvalue weighted by molar-refractivity contribution is 6.34. The van der Waals surface area contributed by atoms with Crippen LogP contribution in [0.3, 0.4) is 0 Å². The second kappa shape index (κ2) is 6.84. The monoisotopic (exact) mass is 298 g/mol. The van der Waals surface area contributed by atoms with Gasteiger partial charge in [0.1, 0.15) is 0 Å². The Labute approximate surface area is 125 Å². The third-order valence-electron chi connectivity index (χ3n) is 2.80. The minimum Gasteiger partial charge on any atom is -0.478 e. The fourth-order valence-electron chi connectivity index (χ4n) is 2.24. The quantitative estimate of drug-likeness (QED) is 0.785. The van der Waals surface area contributed by atoms with Gasteiger partial charge in [-0.15, -0.1) is 0 Å². The third kappa shape index (κ3) is 4.30. The van der Waals surface area contributed by atoms with Crippen molar-refractivity contribution in [3.63, 3.8) is 0 Å². The number of nitrogens with zero attached hydrogens (tertiary/aromatic N) is 1. The number of nitrogens with two attached hydrogens (primary N) is 1. The maximum atomic E-state index is 11.5. The van der Waals surface area contributed by atoms with E-state index >= 15 is 0 Å². The summed E-state index contributed by atoms with van der Waals surface area (Å²) in [7, 11) is 0. The molecule has 1 aromatic carbocycles. The van der Waals surface area contributed by atoms with Gasteiger partial charge in [0.15, 0.2) is 0 Å². The van der Waals surface area contributed by atoms with Crippen molar-refractivity contribution in [3.05, 3.63) is 22.7 Å². The van der Waals surface area contributed by atoms with Crippen molar-refractivity contribution in [2.24, 2.45) is 11.8 Å². The summed E-state index contributed by atoms with van der Waals surface area (Å²) in [6.45, 7) is 9.89. The Balaban J connectivity index is 3.33. The molecule has 0 bridgehead atoms. The number of nitrogen functional groups attached to an aromatic ring is 1. The minimum absolute atomic E-state index is 0.163. The number of halogens is 1. The van der Waals surface area contributed by atoms with Crippen molar-refractivity contribution in [2.45, 2.75) is 27.7 Å². The molecule has 0 amide bonds. The molecule has 0 aliphatic heterocycles. The molecular formula is C15H23ClN2O2. The number of benzene rings is 1. The van der Waals surface area contributed by atoms with Gasteiger partial charge in [0.25, 0.3) is 0 Å². The number of anilines is 2. The molecule has 0 heterocycles. The topological polar surface area (TPSA) is 66.6 Å². The van der Waals surface area contributed by atoms with Gasteiger partial charge in [-0.2, -0.15) is 0 Å². The van der Waals surface area contributed by atoms with Crippen molar-refractivity contribution in [2.75, 3.05) is 23.7 Å². The zero-order chi connectivity index (χ0) is 15.4. The molecule has 0 aromatic heterocycles. The molecule has 20 heavy (non-hydrogen) atoms. The molecular weight excluding hydrogens is 276 g/mol. The van der Waals surface area contributed by atoms with Crippen molar-refractivity contribution in [3.8, 4) is 0 Å². The van der Waals surface area contributed by atoms with Crippen molar-refractivity contribution in [1.29, 1.82) is 0 Å². The van der Waals surface area contributed by atoms with Crippen LogP contribution in [0.25, 0.3) is 0 Å². The smallest absolute Gasteiger partial charge is 0.337 e. The van der Waals surface area contributed by atoms with Crippen LogP contribution in [0.4, 0.5) is 11.4 Å². The maximum absolute atomic E-state index is 11.5. The Hall–Kier alpha value is -1.42. The lowest BCUT2D eigenvalue weighted by atomic mass is 10.1. The molecule has 0 saturated carbocycles. The summed E-state index contributed by atoms with van der Waals surface area (Å²) in [5.74, 6) is -0.195. The zero-order valence-electron chi connectivity index (χ0n) is 12.5. The molecule has 3 N–H and O–H groups in total. The lowest BCUT2D eigenvalue weighted by Gasteiger charge is -2.30. The van der Waals surface area contributed by atoms with Crippen molar-refractivity contribution >= 4 is 28.9 Å². The lowest BCUT2D eigenvalue weighted by Crippen LogP contribution is -2.33. The van der Waals surface area contributed by atoms with Crippen LogP contribution < -0.4 is 10.6 Å². The summed E-state index contributed by atoms with van der Waals surface area (Å²) in [6, 6.07) is 3.08. The van der Waals surface area contributed by atoms with Gasteiger partial charge in [0.2, 0.25) is 0 Å². The molecule has 4 nitrogen and oxygen atoms in total. The van der Waals surface area contributed by atoms with Gasteiger partial charge in [-0.1, -0.05) is 39.3 Å². The van der Waals surface area contributed by atoms with Gasteiger partial charge < -0.3 is 15.7 Å². The highest BCUT2D eigenvalue weighted by atomic mass is 35.5. The number of carboxylic acids is 1. The molecule has 5 heteroatoms. The zero-order valence-corrected chi connectivity index (χ0v) is 13.2. The van der Waals surface area contributed by atoms with Gasteiger partial charge in [-0.3, -0.25) is 0 Å². The number of hydrogen-bond donors (Lipinski definition) is 2. The van der Waals surface area contributed by atoms with E-state index in [1.165, 1.54) is 6.07 Å². The van der Waals surface area contributed by atoms with Crippen LogP contribution in [0.5, 0.6) is 0 Å². The Bertz CT molecular complexity index is 477. The van der Waals surface area contributed by atoms with E-state index in [0.29, 0.717) is 28.2 Å². The number of carboxylic acid groups (broad SMARTS) is 1. The summed E-state index contributed by atoms with van der Waals surface area (Å²) in [4.78, 5) is 13.5. The van der Waals surface area contributed by atoms with E-state index in [-0.39, 0.29) is 5.56 Å². The molecule has 0 spiro atoms. The van der Waals surface area contributed by atoms with Crippen molar-refractivity contribution in [1.82, 2.24) is 0 Å². The van der Waals surface area contributed by atoms with Crippen LogP contribution in [0.1, 0.15) is 38.1 Å². The van der Waals surface area contributed by atoms with E-state index in [2.05, 4.69) is 27.7 Å². The second-order valence-electron chi connectivity index (χ2n) is 5.90. The molecule has 1 rings (SSSR count). The SMILES string of the molecule is CC(C)CN(CC(C)C)c1c(Cl)cc(N)cc1C(=O)O. The highest BCUT2D eigenvalue weighted by Crippen LogP contribution is 2.33. The molecule has 0 radical (unpaired) electrons. The molecule has 0 unspecified atom stereocenters.